The van der Waals surface area contributed by atoms with Crippen molar-refractivity contribution in [1.29, 1.82) is 0 Å². The number of halogens is 1. The molecule has 0 saturated carbocycles. The summed E-state index contributed by atoms with van der Waals surface area (Å²) in [4.78, 5) is 8.90. The molecule has 21 heavy (non-hydrogen) atoms. The maximum atomic E-state index is 5.89. The first-order chi connectivity index (χ1) is 10.2. The molecule has 112 valence electrons. The third kappa shape index (κ3) is 5.19. The summed E-state index contributed by atoms with van der Waals surface area (Å²) in [5.41, 5.74) is 1.21. The Bertz CT molecular complexity index is 553. The van der Waals surface area contributed by atoms with Crippen LogP contribution in [0.5, 0.6) is 0 Å². The normalized spacial score (nSPS) is 10.6. The van der Waals surface area contributed by atoms with Gasteiger partial charge in [0.2, 0.25) is 0 Å². The van der Waals surface area contributed by atoms with Crippen molar-refractivity contribution in [2.24, 2.45) is 0 Å². The standard InChI is InChI=1S/C15H18ClN3OS/c1-3-17-13-8-15(19-14(18-13)9-20-2)21-10-11-4-6-12(16)7-5-11/h4-8H,3,9-10H2,1-2H3,(H,17,18,19). The number of aromatic nitrogens is 2. The Kier molecular flexibility index (Phi) is 6.29. The number of benzene rings is 1. The summed E-state index contributed by atoms with van der Waals surface area (Å²) in [6.45, 7) is 3.27. The summed E-state index contributed by atoms with van der Waals surface area (Å²) >= 11 is 7.56. The monoisotopic (exact) mass is 323 g/mol. The van der Waals surface area contributed by atoms with Gasteiger partial charge in [-0.25, -0.2) is 9.97 Å². The first-order valence-electron chi connectivity index (χ1n) is 6.69. The lowest BCUT2D eigenvalue weighted by molar-refractivity contribution is 0.177. The fourth-order valence-electron chi connectivity index (χ4n) is 1.75. The number of ether oxygens (including phenoxy) is 1. The molecular formula is C15H18ClN3OS. The second-order valence-electron chi connectivity index (χ2n) is 4.39. The third-order valence-corrected chi connectivity index (χ3v) is 3.91. The molecule has 0 spiro atoms. The zero-order valence-corrected chi connectivity index (χ0v) is 13.7. The molecule has 0 unspecified atom stereocenters. The minimum Gasteiger partial charge on any atom is -0.377 e. The van der Waals surface area contributed by atoms with E-state index in [2.05, 4.69) is 15.3 Å². The van der Waals surface area contributed by atoms with Crippen LogP contribution in [-0.4, -0.2) is 23.6 Å². The topological polar surface area (TPSA) is 47.0 Å². The molecule has 1 N–H and O–H groups in total. The second kappa shape index (κ2) is 8.22. The fourth-order valence-corrected chi connectivity index (χ4v) is 2.75. The molecule has 0 aliphatic carbocycles. The van der Waals surface area contributed by atoms with E-state index in [-0.39, 0.29) is 0 Å². The molecule has 1 aromatic heterocycles. The van der Waals surface area contributed by atoms with Crippen LogP contribution in [0.15, 0.2) is 35.4 Å². The SMILES string of the molecule is CCNc1cc(SCc2ccc(Cl)cc2)nc(COC)n1. The lowest BCUT2D eigenvalue weighted by Gasteiger charge is -2.08. The molecule has 0 saturated heterocycles. The Morgan fingerprint density at radius 1 is 1.24 bits per heavy atom. The predicted octanol–water partition coefficient (Wildman–Crippen LogP) is 4.00. The number of thioether (sulfide) groups is 1. The van der Waals surface area contributed by atoms with Gasteiger partial charge in [-0.15, -0.1) is 11.8 Å². The Labute approximate surface area is 134 Å². The van der Waals surface area contributed by atoms with Gasteiger partial charge >= 0.3 is 0 Å². The summed E-state index contributed by atoms with van der Waals surface area (Å²) in [6.07, 6.45) is 0. The average Bonchev–Trinajstić information content (AvgIpc) is 2.47. The van der Waals surface area contributed by atoms with Gasteiger partial charge < -0.3 is 10.1 Å². The molecule has 0 radical (unpaired) electrons. The summed E-state index contributed by atoms with van der Waals surface area (Å²) < 4.78 is 5.12. The molecule has 2 aromatic rings. The Morgan fingerprint density at radius 3 is 2.67 bits per heavy atom. The number of rotatable bonds is 7. The van der Waals surface area contributed by atoms with E-state index in [9.17, 15) is 0 Å². The van der Waals surface area contributed by atoms with E-state index in [0.717, 1.165) is 28.2 Å². The second-order valence-corrected chi connectivity index (χ2v) is 5.82. The van der Waals surface area contributed by atoms with Gasteiger partial charge in [0, 0.05) is 30.5 Å². The van der Waals surface area contributed by atoms with Crippen molar-refractivity contribution >= 4 is 29.2 Å². The van der Waals surface area contributed by atoms with Gasteiger partial charge in [0.25, 0.3) is 0 Å². The first-order valence-corrected chi connectivity index (χ1v) is 8.05. The van der Waals surface area contributed by atoms with Crippen molar-refractivity contribution in [1.82, 2.24) is 9.97 Å². The Hall–Kier alpha value is -1.30. The van der Waals surface area contributed by atoms with E-state index in [1.807, 2.05) is 37.3 Å². The lowest BCUT2D eigenvalue weighted by Crippen LogP contribution is -2.05. The minimum atomic E-state index is 0.410. The highest BCUT2D eigenvalue weighted by molar-refractivity contribution is 7.98. The van der Waals surface area contributed by atoms with Crippen molar-refractivity contribution in [3.8, 4) is 0 Å². The number of methoxy groups -OCH3 is 1. The third-order valence-electron chi connectivity index (χ3n) is 2.68. The Balaban J connectivity index is 2.08. The molecule has 0 fully saturated rings. The largest absolute Gasteiger partial charge is 0.377 e. The van der Waals surface area contributed by atoms with E-state index in [1.165, 1.54) is 5.56 Å². The highest BCUT2D eigenvalue weighted by Gasteiger charge is 2.05. The number of hydrogen-bond acceptors (Lipinski definition) is 5. The van der Waals surface area contributed by atoms with Crippen LogP contribution in [0.3, 0.4) is 0 Å². The van der Waals surface area contributed by atoms with Crippen LogP contribution >= 0.6 is 23.4 Å². The zero-order chi connectivity index (χ0) is 15.1. The highest BCUT2D eigenvalue weighted by Crippen LogP contribution is 2.24. The molecule has 6 heteroatoms. The molecule has 0 atom stereocenters. The highest BCUT2D eigenvalue weighted by atomic mass is 35.5. The van der Waals surface area contributed by atoms with Gasteiger partial charge in [0.1, 0.15) is 17.5 Å². The Morgan fingerprint density at radius 2 is 2.00 bits per heavy atom. The molecule has 4 nitrogen and oxygen atoms in total. The summed E-state index contributed by atoms with van der Waals surface area (Å²) in [7, 11) is 1.64. The molecule has 0 aliphatic heterocycles. The summed E-state index contributed by atoms with van der Waals surface area (Å²) in [6, 6.07) is 9.81. The average molecular weight is 324 g/mol. The molecule has 1 aromatic carbocycles. The van der Waals surface area contributed by atoms with Crippen molar-refractivity contribution in [2.75, 3.05) is 19.0 Å². The van der Waals surface area contributed by atoms with E-state index in [1.54, 1.807) is 18.9 Å². The van der Waals surface area contributed by atoms with Crippen molar-refractivity contribution in [2.45, 2.75) is 24.3 Å². The summed E-state index contributed by atoms with van der Waals surface area (Å²) in [5, 5.41) is 4.90. The van der Waals surface area contributed by atoms with Crippen LogP contribution < -0.4 is 5.32 Å². The maximum absolute atomic E-state index is 5.89. The quantitative estimate of drug-likeness (QED) is 0.616. The van der Waals surface area contributed by atoms with E-state index in [0.29, 0.717) is 12.4 Å². The van der Waals surface area contributed by atoms with Crippen LogP contribution in [0, 0.1) is 0 Å². The summed E-state index contributed by atoms with van der Waals surface area (Å²) in [5.74, 6) is 2.36. The molecular weight excluding hydrogens is 306 g/mol. The number of hydrogen-bond donors (Lipinski definition) is 1. The van der Waals surface area contributed by atoms with Crippen LogP contribution in [0.2, 0.25) is 5.02 Å². The molecule has 0 bridgehead atoms. The van der Waals surface area contributed by atoms with Gasteiger partial charge in [-0.3, -0.25) is 0 Å². The van der Waals surface area contributed by atoms with Crippen LogP contribution in [-0.2, 0) is 17.1 Å². The van der Waals surface area contributed by atoms with Gasteiger partial charge in [-0.1, -0.05) is 23.7 Å². The van der Waals surface area contributed by atoms with Gasteiger partial charge in [-0.05, 0) is 24.6 Å². The fraction of sp³-hybridized carbons (Fsp3) is 0.333. The van der Waals surface area contributed by atoms with E-state index in [4.69, 9.17) is 16.3 Å². The number of anilines is 1. The van der Waals surface area contributed by atoms with Crippen molar-refractivity contribution < 1.29 is 4.74 Å². The lowest BCUT2D eigenvalue weighted by atomic mass is 10.2. The van der Waals surface area contributed by atoms with Crippen LogP contribution in [0.25, 0.3) is 0 Å². The van der Waals surface area contributed by atoms with Crippen LogP contribution in [0.1, 0.15) is 18.3 Å². The molecule has 2 rings (SSSR count). The van der Waals surface area contributed by atoms with Gasteiger partial charge in [0.05, 0.1) is 0 Å². The van der Waals surface area contributed by atoms with Gasteiger partial charge in [0.15, 0.2) is 5.82 Å². The molecule has 1 heterocycles. The number of nitrogens with one attached hydrogen (secondary N) is 1. The first kappa shape index (κ1) is 16.1. The minimum absolute atomic E-state index is 0.410. The number of nitrogens with zero attached hydrogens (tertiary/aromatic N) is 2. The van der Waals surface area contributed by atoms with Crippen molar-refractivity contribution in [3.05, 3.63) is 46.7 Å². The van der Waals surface area contributed by atoms with Crippen LogP contribution in [0.4, 0.5) is 5.82 Å². The van der Waals surface area contributed by atoms with Gasteiger partial charge in [-0.2, -0.15) is 0 Å². The van der Waals surface area contributed by atoms with E-state index < -0.39 is 0 Å². The van der Waals surface area contributed by atoms with Crippen molar-refractivity contribution in [3.63, 3.8) is 0 Å². The van der Waals surface area contributed by atoms with E-state index >= 15 is 0 Å². The smallest absolute Gasteiger partial charge is 0.157 e. The zero-order valence-electron chi connectivity index (χ0n) is 12.1. The predicted molar refractivity (Wildman–Crippen MR) is 87.9 cm³/mol. The molecule has 0 aliphatic rings. The molecule has 0 amide bonds. The maximum Gasteiger partial charge on any atom is 0.157 e.